The molecular weight excluding hydrogens is 439 g/mol. The molecule has 33 heavy (non-hydrogen) atoms. The maximum atomic E-state index is 15.6. The van der Waals surface area contributed by atoms with Crippen LogP contribution in [0.25, 0.3) is 11.1 Å². The first kappa shape index (κ1) is 22.5. The molecule has 0 bridgehead atoms. The Hall–Kier alpha value is -2.25. The number of sulfonamides is 1. The highest BCUT2D eigenvalue weighted by Crippen LogP contribution is 2.56. The second kappa shape index (κ2) is 8.51. The van der Waals surface area contributed by atoms with Crippen molar-refractivity contribution in [3.8, 4) is 11.1 Å². The molecule has 176 valence electrons. The first-order valence-electron chi connectivity index (χ1n) is 11.9. The molecule has 0 aromatic heterocycles. The molecule has 1 amide bonds. The quantitative estimate of drug-likeness (QED) is 0.662. The van der Waals surface area contributed by atoms with E-state index in [9.17, 15) is 13.2 Å². The van der Waals surface area contributed by atoms with Gasteiger partial charge in [-0.25, -0.2) is 17.5 Å². The van der Waals surface area contributed by atoms with E-state index in [4.69, 9.17) is 0 Å². The van der Waals surface area contributed by atoms with Gasteiger partial charge in [-0.1, -0.05) is 55.0 Å². The van der Waals surface area contributed by atoms with Crippen LogP contribution in [0.3, 0.4) is 0 Å². The largest absolute Gasteiger partial charge is 0.337 e. The number of amides is 1. The monoisotopic (exact) mass is 470 g/mol. The second-order valence-electron chi connectivity index (χ2n) is 10.2. The predicted octanol–water partition coefficient (Wildman–Crippen LogP) is 4.13. The average molecular weight is 471 g/mol. The molecule has 1 spiro atoms. The summed E-state index contributed by atoms with van der Waals surface area (Å²) in [6.07, 6.45) is 7.05. The lowest BCUT2D eigenvalue weighted by Gasteiger charge is -2.32. The van der Waals surface area contributed by atoms with Crippen molar-refractivity contribution in [1.82, 2.24) is 9.62 Å². The molecule has 1 saturated heterocycles. The van der Waals surface area contributed by atoms with Gasteiger partial charge in [-0.05, 0) is 49.1 Å². The summed E-state index contributed by atoms with van der Waals surface area (Å²) in [4.78, 5) is 15.2. The maximum Gasteiger partial charge on any atom is 0.223 e. The Balaban J connectivity index is 1.47. The van der Waals surface area contributed by atoms with Gasteiger partial charge in [-0.15, -0.1) is 0 Å². The summed E-state index contributed by atoms with van der Waals surface area (Å²) in [6.45, 7) is 0.552. The summed E-state index contributed by atoms with van der Waals surface area (Å²) in [7, 11) is -3.47. The number of halogens is 1. The van der Waals surface area contributed by atoms with Gasteiger partial charge in [0.15, 0.2) is 0 Å². The van der Waals surface area contributed by atoms with Gasteiger partial charge in [0.25, 0.3) is 0 Å². The lowest BCUT2D eigenvalue weighted by Crippen LogP contribution is -2.49. The number of rotatable bonds is 7. The fourth-order valence-corrected chi connectivity index (χ4v) is 6.44. The lowest BCUT2D eigenvalue weighted by atomic mass is 9.82. The summed E-state index contributed by atoms with van der Waals surface area (Å²) in [6, 6.07) is 14.0. The summed E-state index contributed by atoms with van der Waals surface area (Å²) in [5, 5.41) is 0. The maximum absolute atomic E-state index is 15.6. The average Bonchev–Trinajstić information content (AvgIpc) is 3.47. The molecule has 2 unspecified atom stereocenters. The molecule has 1 heterocycles. The van der Waals surface area contributed by atoms with E-state index < -0.39 is 22.1 Å². The summed E-state index contributed by atoms with van der Waals surface area (Å²) in [5.74, 6) is 0.201. The van der Waals surface area contributed by atoms with Crippen LogP contribution in [0.5, 0.6) is 0 Å². The van der Waals surface area contributed by atoms with E-state index in [1.807, 2.05) is 41.3 Å². The molecule has 1 N–H and O–H groups in total. The Labute approximate surface area is 195 Å². The summed E-state index contributed by atoms with van der Waals surface area (Å²) in [5.41, 5.74) is 1.61. The number of carbonyl (C=O) groups is 1. The standard InChI is InChI=1S/C26H31FN2O3S/c1-33(31,32)28-25-22(29(17-26(25)13-14-26)23(30)15-18-7-5-8-18)16-20-11-6-12-21(24(20)27)19-9-3-2-4-10-19/h2-4,6,9-12,18,22,25,28H,5,7-8,13-17H2,1H3. The van der Waals surface area contributed by atoms with Crippen molar-refractivity contribution in [1.29, 1.82) is 0 Å². The van der Waals surface area contributed by atoms with E-state index in [0.717, 1.165) is 37.5 Å². The molecule has 2 saturated carbocycles. The van der Waals surface area contributed by atoms with Crippen LogP contribution < -0.4 is 4.72 Å². The first-order chi connectivity index (χ1) is 15.8. The third-order valence-electron chi connectivity index (χ3n) is 7.76. The van der Waals surface area contributed by atoms with Crippen molar-refractivity contribution in [2.75, 3.05) is 12.8 Å². The lowest BCUT2D eigenvalue weighted by molar-refractivity contribution is -0.134. The molecule has 5 rings (SSSR count). The number of hydrogen-bond acceptors (Lipinski definition) is 3. The number of likely N-dealkylation sites (tertiary alicyclic amines) is 1. The minimum Gasteiger partial charge on any atom is -0.337 e. The molecule has 2 atom stereocenters. The van der Waals surface area contributed by atoms with Crippen molar-refractivity contribution in [3.05, 3.63) is 59.9 Å². The second-order valence-corrected chi connectivity index (χ2v) is 11.9. The van der Waals surface area contributed by atoms with Gasteiger partial charge in [-0.2, -0.15) is 0 Å². The molecular formula is C26H31FN2O3S. The molecule has 1 aliphatic heterocycles. The number of nitrogens with one attached hydrogen (secondary N) is 1. The highest BCUT2D eigenvalue weighted by Gasteiger charge is 2.61. The molecule has 7 heteroatoms. The van der Waals surface area contributed by atoms with Gasteiger partial charge in [0.2, 0.25) is 15.9 Å². The van der Waals surface area contributed by atoms with E-state index in [2.05, 4.69) is 4.72 Å². The van der Waals surface area contributed by atoms with E-state index in [1.165, 1.54) is 6.42 Å². The van der Waals surface area contributed by atoms with Crippen LogP contribution in [0.2, 0.25) is 0 Å². The van der Waals surface area contributed by atoms with E-state index in [0.29, 0.717) is 30.0 Å². The van der Waals surface area contributed by atoms with Crippen LogP contribution >= 0.6 is 0 Å². The first-order valence-corrected chi connectivity index (χ1v) is 13.7. The summed E-state index contributed by atoms with van der Waals surface area (Å²) >= 11 is 0. The Morgan fingerprint density at radius 3 is 2.45 bits per heavy atom. The molecule has 2 aliphatic carbocycles. The van der Waals surface area contributed by atoms with Gasteiger partial charge in [0.1, 0.15) is 5.82 Å². The molecule has 3 fully saturated rings. The minimum absolute atomic E-state index is 0.0772. The molecule has 2 aromatic rings. The SMILES string of the molecule is CS(=O)(=O)NC1C(Cc2cccc(-c3ccccc3)c2F)N(C(=O)CC2CCC2)CC12CC2. The van der Waals surface area contributed by atoms with E-state index in [1.54, 1.807) is 12.1 Å². The fraction of sp³-hybridized carbons (Fsp3) is 0.500. The summed E-state index contributed by atoms with van der Waals surface area (Å²) < 4.78 is 42.9. The van der Waals surface area contributed by atoms with Crippen molar-refractivity contribution in [3.63, 3.8) is 0 Å². The topological polar surface area (TPSA) is 66.5 Å². The predicted molar refractivity (Wildman–Crippen MR) is 126 cm³/mol. The van der Waals surface area contributed by atoms with Crippen LogP contribution in [-0.4, -0.2) is 44.1 Å². The van der Waals surface area contributed by atoms with Gasteiger partial charge in [0, 0.05) is 30.0 Å². The fourth-order valence-electron chi connectivity index (χ4n) is 5.57. The number of carbonyl (C=O) groups excluding carboxylic acids is 1. The highest BCUT2D eigenvalue weighted by atomic mass is 32.2. The smallest absolute Gasteiger partial charge is 0.223 e. The zero-order valence-corrected chi connectivity index (χ0v) is 19.8. The minimum atomic E-state index is -3.47. The van der Waals surface area contributed by atoms with Crippen LogP contribution in [0.4, 0.5) is 4.39 Å². The van der Waals surface area contributed by atoms with Crippen molar-refractivity contribution >= 4 is 15.9 Å². The van der Waals surface area contributed by atoms with Gasteiger partial charge >= 0.3 is 0 Å². The van der Waals surface area contributed by atoms with Gasteiger partial charge < -0.3 is 4.90 Å². The third kappa shape index (κ3) is 4.58. The van der Waals surface area contributed by atoms with Crippen molar-refractivity contribution in [2.24, 2.45) is 11.3 Å². The zero-order valence-electron chi connectivity index (χ0n) is 19.0. The molecule has 3 aliphatic rings. The number of nitrogens with zero attached hydrogens (tertiary/aromatic N) is 1. The highest BCUT2D eigenvalue weighted by molar-refractivity contribution is 7.88. The number of benzene rings is 2. The molecule has 5 nitrogen and oxygen atoms in total. The number of hydrogen-bond donors (Lipinski definition) is 1. The Morgan fingerprint density at radius 1 is 1.12 bits per heavy atom. The van der Waals surface area contributed by atoms with E-state index >= 15 is 4.39 Å². The Kier molecular flexibility index (Phi) is 5.81. The Bertz CT molecular complexity index is 1140. The van der Waals surface area contributed by atoms with Crippen LogP contribution in [0.15, 0.2) is 48.5 Å². The van der Waals surface area contributed by atoms with Crippen LogP contribution in [0, 0.1) is 17.2 Å². The normalized spacial score (nSPS) is 24.1. The van der Waals surface area contributed by atoms with Crippen molar-refractivity contribution < 1.29 is 17.6 Å². The zero-order chi connectivity index (χ0) is 23.2. The van der Waals surface area contributed by atoms with Crippen LogP contribution in [-0.2, 0) is 21.2 Å². The Morgan fingerprint density at radius 2 is 1.85 bits per heavy atom. The van der Waals surface area contributed by atoms with E-state index in [-0.39, 0.29) is 23.6 Å². The molecule has 2 aromatic carbocycles. The third-order valence-corrected chi connectivity index (χ3v) is 8.45. The van der Waals surface area contributed by atoms with Crippen LogP contribution in [0.1, 0.15) is 44.1 Å². The van der Waals surface area contributed by atoms with Gasteiger partial charge in [0.05, 0.1) is 12.3 Å². The molecule has 0 radical (unpaired) electrons. The van der Waals surface area contributed by atoms with Gasteiger partial charge in [-0.3, -0.25) is 4.79 Å². The van der Waals surface area contributed by atoms with Crippen molar-refractivity contribution in [2.45, 2.75) is 57.0 Å².